The number of amides is 1. The van der Waals surface area contributed by atoms with Gasteiger partial charge in [-0.05, 0) is 35.9 Å². The summed E-state index contributed by atoms with van der Waals surface area (Å²) in [5.41, 5.74) is 0.756. The topological polar surface area (TPSA) is 79.9 Å². The predicted octanol–water partition coefficient (Wildman–Crippen LogP) is 3.31. The van der Waals surface area contributed by atoms with Crippen LogP contribution in [0.1, 0.15) is 11.4 Å². The number of hydrogen-bond donors (Lipinski definition) is 2. The molecule has 0 fully saturated rings. The summed E-state index contributed by atoms with van der Waals surface area (Å²) in [7, 11) is 0. The van der Waals surface area contributed by atoms with Gasteiger partial charge in [-0.25, -0.2) is 4.39 Å². The summed E-state index contributed by atoms with van der Waals surface area (Å²) in [4.78, 5) is 16.1. The van der Waals surface area contributed by atoms with Crippen LogP contribution in [0.2, 0.25) is 0 Å². The molecule has 8 heteroatoms. The Morgan fingerprint density at radius 2 is 2.08 bits per heavy atom. The second-order valence-electron chi connectivity index (χ2n) is 5.21. The minimum atomic E-state index is -0.378. The van der Waals surface area contributed by atoms with E-state index in [9.17, 15) is 9.18 Å². The van der Waals surface area contributed by atoms with Crippen LogP contribution >= 0.6 is 15.9 Å². The Bertz CT molecular complexity index is 884. The number of rotatable bonds is 6. The van der Waals surface area contributed by atoms with Gasteiger partial charge in [0, 0.05) is 10.9 Å². The van der Waals surface area contributed by atoms with E-state index in [1.807, 2.05) is 12.1 Å². The zero-order valence-corrected chi connectivity index (χ0v) is 14.6. The molecular weight excluding hydrogens is 391 g/mol. The van der Waals surface area contributed by atoms with Crippen molar-refractivity contribution < 1.29 is 13.9 Å². The van der Waals surface area contributed by atoms with Crippen LogP contribution in [0.5, 0.6) is 5.75 Å². The van der Waals surface area contributed by atoms with Crippen LogP contribution in [-0.4, -0.2) is 27.7 Å². The second-order valence-corrected chi connectivity index (χ2v) is 6.12. The summed E-state index contributed by atoms with van der Waals surface area (Å²) >= 11 is 3.33. The van der Waals surface area contributed by atoms with Gasteiger partial charge < -0.3 is 4.74 Å². The molecule has 2 N–H and O–H groups in total. The van der Waals surface area contributed by atoms with E-state index in [-0.39, 0.29) is 24.3 Å². The first kappa shape index (κ1) is 17.1. The lowest BCUT2D eigenvalue weighted by atomic mass is 10.1. The fraction of sp³-hybridized carbons (Fsp3) is 0.118. The molecule has 3 rings (SSSR count). The van der Waals surface area contributed by atoms with Crippen molar-refractivity contribution in [1.82, 2.24) is 15.2 Å². The fourth-order valence-electron chi connectivity index (χ4n) is 2.14. The highest BCUT2D eigenvalue weighted by Crippen LogP contribution is 2.17. The third-order valence-corrected chi connectivity index (χ3v) is 3.70. The molecule has 0 aliphatic heterocycles. The Hall–Kier alpha value is -2.74. The Morgan fingerprint density at radius 1 is 1.24 bits per heavy atom. The van der Waals surface area contributed by atoms with E-state index in [1.165, 1.54) is 12.1 Å². The number of nitrogens with zero attached hydrogens (tertiary/aromatic N) is 2. The normalized spacial score (nSPS) is 10.5. The number of aromatic nitrogens is 3. The number of nitrogens with one attached hydrogen (secondary N) is 2. The first-order chi connectivity index (χ1) is 12.1. The van der Waals surface area contributed by atoms with Crippen LogP contribution in [-0.2, 0) is 11.2 Å². The van der Waals surface area contributed by atoms with Crippen LogP contribution in [0.4, 0.5) is 10.3 Å². The van der Waals surface area contributed by atoms with Gasteiger partial charge in [0.2, 0.25) is 5.95 Å². The quantitative estimate of drug-likeness (QED) is 0.660. The van der Waals surface area contributed by atoms with Crippen LogP contribution < -0.4 is 10.1 Å². The molecule has 2 aromatic carbocycles. The number of carbonyl (C=O) groups excluding carboxylic acids is 1. The van der Waals surface area contributed by atoms with Crippen molar-refractivity contribution in [3.05, 3.63) is 70.2 Å². The minimum absolute atomic E-state index is 0.147. The van der Waals surface area contributed by atoms with E-state index < -0.39 is 0 Å². The molecule has 0 radical (unpaired) electrons. The highest BCUT2D eigenvalue weighted by molar-refractivity contribution is 9.10. The number of anilines is 1. The van der Waals surface area contributed by atoms with Crippen molar-refractivity contribution in [3.63, 3.8) is 0 Å². The zero-order valence-electron chi connectivity index (χ0n) is 13.0. The molecule has 0 saturated heterocycles. The molecule has 0 saturated carbocycles. The molecule has 0 spiro atoms. The maximum atomic E-state index is 13.2. The lowest BCUT2D eigenvalue weighted by molar-refractivity contribution is -0.118. The van der Waals surface area contributed by atoms with Gasteiger partial charge in [0.25, 0.3) is 5.91 Å². The highest BCUT2D eigenvalue weighted by atomic mass is 79.9. The Balaban J connectivity index is 1.53. The number of halogens is 2. The Kier molecular flexibility index (Phi) is 5.39. The highest BCUT2D eigenvalue weighted by Gasteiger charge is 2.09. The molecular formula is C17H14BrFN4O2. The predicted molar refractivity (Wildman–Crippen MR) is 93.9 cm³/mol. The molecule has 1 heterocycles. The van der Waals surface area contributed by atoms with Crippen molar-refractivity contribution in [2.24, 2.45) is 0 Å². The maximum absolute atomic E-state index is 13.2. The van der Waals surface area contributed by atoms with Crippen molar-refractivity contribution in [2.45, 2.75) is 6.42 Å². The average molecular weight is 405 g/mol. The SMILES string of the molecule is O=C(COc1cccc(Br)c1)Nc1n[nH]c(Cc2cccc(F)c2)n1. The van der Waals surface area contributed by atoms with Crippen LogP contribution in [0, 0.1) is 5.82 Å². The van der Waals surface area contributed by atoms with E-state index in [0.29, 0.717) is 18.0 Å². The lowest BCUT2D eigenvalue weighted by Gasteiger charge is -2.05. The number of hydrogen-bond acceptors (Lipinski definition) is 4. The number of ether oxygens (including phenoxy) is 1. The minimum Gasteiger partial charge on any atom is -0.484 e. The van der Waals surface area contributed by atoms with E-state index in [2.05, 4.69) is 36.4 Å². The molecule has 128 valence electrons. The van der Waals surface area contributed by atoms with Crippen molar-refractivity contribution in [3.8, 4) is 5.75 Å². The largest absolute Gasteiger partial charge is 0.484 e. The number of aromatic amines is 1. The summed E-state index contributed by atoms with van der Waals surface area (Å²) in [5.74, 6) is 0.556. The molecule has 0 aliphatic carbocycles. The Labute approximate surface area is 151 Å². The molecule has 1 aromatic heterocycles. The van der Waals surface area contributed by atoms with Crippen LogP contribution in [0.15, 0.2) is 53.0 Å². The van der Waals surface area contributed by atoms with Gasteiger partial charge in [-0.2, -0.15) is 4.98 Å². The van der Waals surface area contributed by atoms with Gasteiger partial charge >= 0.3 is 0 Å². The molecule has 0 atom stereocenters. The average Bonchev–Trinajstić information content (AvgIpc) is 3.00. The molecule has 0 bridgehead atoms. The van der Waals surface area contributed by atoms with E-state index in [1.54, 1.807) is 24.3 Å². The summed E-state index contributed by atoms with van der Waals surface area (Å²) in [6.07, 6.45) is 0.384. The maximum Gasteiger partial charge on any atom is 0.264 e. The molecule has 1 amide bonds. The summed E-state index contributed by atoms with van der Waals surface area (Å²) < 4.78 is 19.4. The van der Waals surface area contributed by atoms with Crippen molar-refractivity contribution in [1.29, 1.82) is 0 Å². The van der Waals surface area contributed by atoms with Gasteiger partial charge in [0.1, 0.15) is 17.4 Å². The number of benzene rings is 2. The third kappa shape index (κ3) is 5.12. The first-order valence-corrected chi connectivity index (χ1v) is 8.22. The molecule has 6 nitrogen and oxygen atoms in total. The van der Waals surface area contributed by atoms with Gasteiger partial charge in [-0.1, -0.05) is 34.1 Å². The van der Waals surface area contributed by atoms with Gasteiger partial charge in [-0.15, -0.1) is 5.10 Å². The van der Waals surface area contributed by atoms with Crippen molar-refractivity contribution in [2.75, 3.05) is 11.9 Å². The third-order valence-electron chi connectivity index (χ3n) is 3.21. The zero-order chi connectivity index (χ0) is 17.6. The fourth-order valence-corrected chi connectivity index (χ4v) is 2.52. The molecule has 3 aromatic rings. The lowest BCUT2D eigenvalue weighted by Crippen LogP contribution is -2.20. The van der Waals surface area contributed by atoms with E-state index in [4.69, 9.17) is 4.74 Å². The van der Waals surface area contributed by atoms with Gasteiger partial charge in [0.15, 0.2) is 6.61 Å². The van der Waals surface area contributed by atoms with Crippen LogP contribution in [0.25, 0.3) is 0 Å². The summed E-state index contributed by atoms with van der Waals surface area (Å²) in [6, 6.07) is 13.4. The monoisotopic (exact) mass is 404 g/mol. The molecule has 0 aliphatic rings. The van der Waals surface area contributed by atoms with E-state index >= 15 is 0 Å². The molecule has 25 heavy (non-hydrogen) atoms. The first-order valence-electron chi connectivity index (χ1n) is 7.42. The van der Waals surface area contributed by atoms with Crippen LogP contribution in [0.3, 0.4) is 0 Å². The smallest absolute Gasteiger partial charge is 0.264 e. The van der Waals surface area contributed by atoms with Gasteiger partial charge in [-0.3, -0.25) is 15.2 Å². The van der Waals surface area contributed by atoms with Crippen molar-refractivity contribution >= 4 is 27.8 Å². The summed E-state index contributed by atoms with van der Waals surface area (Å²) in [6.45, 7) is -0.162. The Morgan fingerprint density at radius 3 is 2.88 bits per heavy atom. The number of carbonyl (C=O) groups is 1. The molecule has 0 unspecified atom stereocenters. The number of H-pyrrole nitrogens is 1. The summed E-state index contributed by atoms with van der Waals surface area (Å²) in [5, 5.41) is 9.18. The van der Waals surface area contributed by atoms with E-state index in [0.717, 1.165) is 10.0 Å². The second kappa shape index (κ2) is 7.89. The standard InChI is InChI=1S/C17H14BrFN4O2/c18-12-4-2-6-14(9-12)25-10-16(24)21-17-20-15(22-23-17)8-11-3-1-5-13(19)7-11/h1-7,9H,8,10H2,(H2,20,21,22,23,24). The van der Waals surface area contributed by atoms with Gasteiger partial charge in [0.05, 0.1) is 0 Å².